The molecule has 1 aromatic rings. The number of rotatable bonds is 6. The Morgan fingerprint density at radius 1 is 1.40 bits per heavy atom. The molecule has 0 aromatic heterocycles. The third-order valence-electron chi connectivity index (χ3n) is 2.80. The van der Waals surface area contributed by atoms with Gasteiger partial charge in [0.2, 0.25) is 0 Å². The summed E-state index contributed by atoms with van der Waals surface area (Å²) in [6.07, 6.45) is 2.83. The van der Waals surface area contributed by atoms with Crippen LogP contribution in [0.4, 0.5) is 8.78 Å². The van der Waals surface area contributed by atoms with Gasteiger partial charge in [-0.15, -0.1) is 11.3 Å². The molecule has 1 aromatic carbocycles. The second kappa shape index (κ2) is 7.20. The van der Waals surface area contributed by atoms with Gasteiger partial charge in [-0.3, -0.25) is 0 Å². The Hall–Kier alpha value is -0.910. The number of hydrogen-bond donors (Lipinski definition) is 1. The molecule has 0 saturated heterocycles. The fourth-order valence-corrected chi connectivity index (χ4v) is 2.51. The van der Waals surface area contributed by atoms with Gasteiger partial charge in [-0.2, -0.15) is 0 Å². The fraction of sp³-hybridized carbons (Fsp3) is 0.467. The molecule has 0 unspecified atom stereocenters. The van der Waals surface area contributed by atoms with Crippen molar-refractivity contribution in [1.82, 2.24) is 4.72 Å². The zero-order valence-corrected chi connectivity index (χ0v) is 12.9. The van der Waals surface area contributed by atoms with E-state index in [-0.39, 0.29) is 5.56 Å². The normalized spacial score (nSPS) is 14.9. The fourth-order valence-electron chi connectivity index (χ4n) is 1.65. The summed E-state index contributed by atoms with van der Waals surface area (Å²) in [4.78, 5) is 0. The van der Waals surface area contributed by atoms with Crippen molar-refractivity contribution in [2.45, 2.75) is 44.4 Å². The summed E-state index contributed by atoms with van der Waals surface area (Å²) < 4.78 is 41.8. The average molecular weight is 301 g/mol. The van der Waals surface area contributed by atoms with E-state index in [1.165, 1.54) is 0 Å². The maximum atomic E-state index is 13.9. The Bertz CT molecular complexity index is 460. The lowest BCUT2D eigenvalue weighted by Gasteiger charge is -2.28. The molecule has 0 aliphatic carbocycles. The first kappa shape index (κ1) is 17.1. The third kappa shape index (κ3) is 4.89. The zero-order chi connectivity index (χ0) is 15.3. The Morgan fingerprint density at radius 2 is 2.05 bits per heavy atom. The zero-order valence-electron chi connectivity index (χ0n) is 12.1. The van der Waals surface area contributed by atoms with Crippen LogP contribution in [0.5, 0.6) is 0 Å². The first-order valence-corrected chi connectivity index (χ1v) is 7.64. The molecule has 0 aliphatic heterocycles. The van der Waals surface area contributed by atoms with Crippen LogP contribution in [-0.2, 0) is 11.4 Å². The van der Waals surface area contributed by atoms with Crippen molar-refractivity contribution < 1.29 is 13.3 Å². The number of halogens is 2. The summed E-state index contributed by atoms with van der Waals surface area (Å²) in [6, 6.07) is 2.80. The van der Waals surface area contributed by atoms with Gasteiger partial charge in [0, 0.05) is 16.9 Å². The first-order valence-electron chi connectivity index (χ1n) is 6.49. The summed E-state index contributed by atoms with van der Waals surface area (Å²) in [6.45, 7) is 9.09. The molecule has 0 aliphatic rings. The van der Waals surface area contributed by atoms with Crippen LogP contribution in [0.15, 0.2) is 30.9 Å². The molecule has 2 atom stereocenters. The van der Waals surface area contributed by atoms with Crippen molar-refractivity contribution >= 4 is 11.4 Å². The SMILES string of the molecule is C=CCC[C@H](N[S@@+]([O-])C(C)(C)C)c1cc(F)ccc1F. The lowest BCUT2D eigenvalue weighted by atomic mass is 10.0. The number of nitrogens with one attached hydrogen (secondary N) is 1. The van der Waals surface area contributed by atoms with Crippen molar-refractivity contribution in [3.8, 4) is 0 Å². The molecule has 20 heavy (non-hydrogen) atoms. The predicted molar refractivity (Wildman–Crippen MR) is 79.6 cm³/mol. The van der Waals surface area contributed by atoms with E-state index in [2.05, 4.69) is 11.3 Å². The molecule has 112 valence electrons. The molecular weight excluding hydrogens is 280 g/mol. The highest BCUT2D eigenvalue weighted by Crippen LogP contribution is 2.26. The van der Waals surface area contributed by atoms with E-state index in [0.29, 0.717) is 12.8 Å². The van der Waals surface area contributed by atoms with Gasteiger partial charge in [-0.05, 0) is 51.8 Å². The van der Waals surface area contributed by atoms with E-state index in [9.17, 15) is 13.3 Å². The summed E-state index contributed by atoms with van der Waals surface area (Å²) in [5, 5.41) is 0. The Labute approximate surface area is 122 Å². The Kier molecular flexibility index (Phi) is 6.17. The third-order valence-corrected chi connectivity index (χ3v) is 4.41. The standard InChI is InChI=1S/C15H21F2NOS/c1-5-6-7-14(18-20(19)15(2,3)4)12-10-11(16)8-9-13(12)17/h5,8-10,14,18H,1,6-7H2,2-4H3/t14-,20-/m0/s1. The highest BCUT2D eigenvalue weighted by molar-refractivity contribution is 7.90. The van der Waals surface area contributed by atoms with Crippen LogP contribution in [-0.4, -0.2) is 9.30 Å². The molecule has 0 amide bonds. The van der Waals surface area contributed by atoms with Crippen LogP contribution in [0.1, 0.15) is 45.2 Å². The van der Waals surface area contributed by atoms with Crippen molar-refractivity contribution in [3.63, 3.8) is 0 Å². The highest BCUT2D eigenvalue weighted by Gasteiger charge is 2.30. The second-order valence-corrected chi connectivity index (χ2v) is 7.58. The summed E-state index contributed by atoms with van der Waals surface area (Å²) in [7, 11) is 0. The average Bonchev–Trinajstić information content (AvgIpc) is 2.36. The Balaban J connectivity index is 2.99. The molecule has 0 bridgehead atoms. The molecule has 5 heteroatoms. The number of hydrogen-bond acceptors (Lipinski definition) is 2. The second-order valence-electron chi connectivity index (χ2n) is 5.58. The van der Waals surface area contributed by atoms with Crippen LogP contribution in [0.2, 0.25) is 0 Å². The van der Waals surface area contributed by atoms with Gasteiger partial charge in [0.05, 0.1) is 6.04 Å². The van der Waals surface area contributed by atoms with Gasteiger partial charge in [-0.1, -0.05) is 6.08 Å². The van der Waals surface area contributed by atoms with E-state index < -0.39 is 33.8 Å². The quantitative estimate of drug-likeness (QED) is 0.636. The van der Waals surface area contributed by atoms with Gasteiger partial charge < -0.3 is 4.55 Å². The smallest absolute Gasteiger partial charge is 0.136 e. The van der Waals surface area contributed by atoms with E-state index >= 15 is 0 Å². The lowest BCUT2D eigenvalue weighted by Crippen LogP contribution is -2.41. The van der Waals surface area contributed by atoms with Crippen molar-refractivity contribution in [1.29, 1.82) is 0 Å². The molecule has 1 rings (SSSR count). The van der Waals surface area contributed by atoms with Crippen LogP contribution < -0.4 is 4.72 Å². The van der Waals surface area contributed by atoms with Crippen LogP contribution in [0.25, 0.3) is 0 Å². The maximum Gasteiger partial charge on any atom is 0.136 e. The van der Waals surface area contributed by atoms with Crippen molar-refractivity contribution in [2.24, 2.45) is 0 Å². The number of allylic oxidation sites excluding steroid dienone is 1. The van der Waals surface area contributed by atoms with E-state index in [1.54, 1.807) is 6.08 Å². The van der Waals surface area contributed by atoms with Crippen LogP contribution in [0.3, 0.4) is 0 Å². The minimum absolute atomic E-state index is 0.199. The predicted octanol–water partition coefficient (Wildman–Crippen LogP) is 4.02. The summed E-state index contributed by atoms with van der Waals surface area (Å²) in [5.74, 6) is -1.01. The molecular formula is C15H21F2NOS. The van der Waals surface area contributed by atoms with Crippen LogP contribution >= 0.6 is 0 Å². The van der Waals surface area contributed by atoms with Crippen molar-refractivity contribution in [2.75, 3.05) is 0 Å². The van der Waals surface area contributed by atoms with Gasteiger partial charge in [0.15, 0.2) is 0 Å². The molecule has 0 heterocycles. The highest BCUT2D eigenvalue weighted by atomic mass is 32.2. The minimum atomic E-state index is -1.36. The molecule has 0 radical (unpaired) electrons. The van der Waals surface area contributed by atoms with E-state index in [1.807, 2.05) is 20.8 Å². The number of benzene rings is 1. The summed E-state index contributed by atoms with van der Waals surface area (Å²) in [5.41, 5.74) is 0.199. The van der Waals surface area contributed by atoms with Gasteiger partial charge in [-0.25, -0.2) is 8.78 Å². The van der Waals surface area contributed by atoms with Crippen LogP contribution in [0, 0.1) is 11.6 Å². The van der Waals surface area contributed by atoms with Gasteiger partial charge in [0.1, 0.15) is 16.4 Å². The molecule has 0 spiro atoms. The largest absolute Gasteiger partial charge is 0.598 e. The minimum Gasteiger partial charge on any atom is -0.598 e. The van der Waals surface area contributed by atoms with Gasteiger partial charge in [0.25, 0.3) is 0 Å². The molecule has 0 saturated carbocycles. The molecule has 1 N–H and O–H groups in total. The first-order chi connectivity index (χ1) is 9.25. The molecule has 2 nitrogen and oxygen atoms in total. The van der Waals surface area contributed by atoms with E-state index in [4.69, 9.17) is 0 Å². The lowest BCUT2D eigenvalue weighted by molar-refractivity contribution is 0.494. The summed E-state index contributed by atoms with van der Waals surface area (Å²) >= 11 is -1.36. The Morgan fingerprint density at radius 3 is 2.60 bits per heavy atom. The topological polar surface area (TPSA) is 35.1 Å². The maximum absolute atomic E-state index is 13.9. The molecule has 0 fully saturated rings. The van der Waals surface area contributed by atoms with Gasteiger partial charge >= 0.3 is 0 Å². The van der Waals surface area contributed by atoms with E-state index in [0.717, 1.165) is 18.2 Å². The monoisotopic (exact) mass is 301 g/mol. The van der Waals surface area contributed by atoms with Crippen molar-refractivity contribution in [3.05, 3.63) is 48.1 Å².